The molecule has 0 saturated carbocycles. The Morgan fingerprint density at radius 3 is 2.56 bits per heavy atom. The zero-order chi connectivity index (χ0) is 13.2. The van der Waals surface area contributed by atoms with E-state index in [0.717, 1.165) is 13.1 Å². The maximum absolute atomic E-state index is 3.60. The van der Waals surface area contributed by atoms with Crippen LogP contribution in [0.5, 0.6) is 0 Å². The molecule has 0 saturated heterocycles. The van der Waals surface area contributed by atoms with Crippen molar-refractivity contribution < 1.29 is 0 Å². The summed E-state index contributed by atoms with van der Waals surface area (Å²) in [7, 11) is 4.22. The first-order chi connectivity index (χ1) is 8.74. The van der Waals surface area contributed by atoms with E-state index in [9.17, 15) is 0 Å². The predicted octanol–water partition coefficient (Wildman–Crippen LogP) is 3.66. The average molecular weight is 313 g/mol. The quantitative estimate of drug-likeness (QED) is 0.700. The number of halogens is 1. The van der Waals surface area contributed by atoms with Gasteiger partial charge in [-0.3, -0.25) is 0 Å². The molecule has 0 spiro atoms. The zero-order valence-electron chi connectivity index (χ0n) is 11.6. The van der Waals surface area contributed by atoms with E-state index in [1.807, 2.05) is 7.05 Å². The fraction of sp³-hybridized carbons (Fsp3) is 0.600. The fourth-order valence-electron chi connectivity index (χ4n) is 2.03. The summed E-state index contributed by atoms with van der Waals surface area (Å²) in [5, 5.41) is 3.19. The van der Waals surface area contributed by atoms with Gasteiger partial charge in [0.15, 0.2) is 0 Å². The van der Waals surface area contributed by atoms with Crippen molar-refractivity contribution in [1.29, 1.82) is 0 Å². The second-order valence-corrected chi connectivity index (χ2v) is 5.70. The van der Waals surface area contributed by atoms with Crippen molar-refractivity contribution in [3.05, 3.63) is 34.3 Å². The fourth-order valence-corrected chi connectivity index (χ4v) is 2.44. The van der Waals surface area contributed by atoms with Crippen molar-refractivity contribution >= 4 is 15.9 Å². The minimum atomic E-state index is 1.03. The summed E-state index contributed by atoms with van der Waals surface area (Å²) in [6, 6.07) is 8.47. The first kappa shape index (κ1) is 15.7. The Bertz CT molecular complexity index is 328. The minimum Gasteiger partial charge on any atom is -0.320 e. The minimum absolute atomic E-state index is 1.03. The van der Waals surface area contributed by atoms with E-state index < -0.39 is 0 Å². The summed E-state index contributed by atoms with van der Waals surface area (Å²) in [5.74, 6) is 0. The molecule has 0 radical (unpaired) electrons. The lowest BCUT2D eigenvalue weighted by molar-refractivity contribution is 0.316. The van der Waals surface area contributed by atoms with Crippen LogP contribution in [-0.2, 0) is 6.54 Å². The maximum atomic E-state index is 3.60. The van der Waals surface area contributed by atoms with Crippen LogP contribution in [0.15, 0.2) is 28.7 Å². The number of hydrogen-bond acceptors (Lipinski definition) is 2. The van der Waals surface area contributed by atoms with Gasteiger partial charge in [-0.05, 0) is 51.7 Å². The number of rotatable bonds is 9. The third-order valence-corrected chi connectivity index (χ3v) is 3.89. The molecule has 0 aromatic heterocycles. The third kappa shape index (κ3) is 6.53. The van der Waals surface area contributed by atoms with E-state index >= 15 is 0 Å². The molecule has 0 unspecified atom stereocenters. The molecule has 0 aliphatic heterocycles. The number of nitrogens with zero attached hydrogens (tertiary/aromatic N) is 1. The summed E-state index contributed by atoms with van der Waals surface area (Å²) in [6.45, 7) is 3.35. The Labute approximate surface area is 120 Å². The predicted molar refractivity (Wildman–Crippen MR) is 82.9 cm³/mol. The molecule has 0 aliphatic carbocycles. The first-order valence-corrected chi connectivity index (χ1v) is 7.60. The van der Waals surface area contributed by atoms with Crippen LogP contribution in [-0.4, -0.2) is 32.1 Å². The zero-order valence-corrected chi connectivity index (χ0v) is 13.2. The second-order valence-electron chi connectivity index (χ2n) is 4.85. The first-order valence-electron chi connectivity index (χ1n) is 6.80. The summed E-state index contributed by atoms with van der Waals surface area (Å²) in [6.07, 6.45) is 5.26. The van der Waals surface area contributed by atoms with Crippen LogP contribution < -0.4 is 5.32 Å². The molecule has 1 aromatic rings. The van der Waals surface area contributed by atoms with Crippen LogP contribution in [0.25, 0.3) is 0 Å². The van der Waals surface area contributed by atoms with Crippen LogP contribution in [0.4, 0.5) is 0 Å². The Balaban J connectivity index is 2.14. The molecule has 1 N–H and O–H groups in total. The van der Waals surface area contributed by atoms with Gasteiger partial charge in [-0.15, -0.1) is 0 Å². The van der Waals surface area contributed by atoms with Crippen molar-refractivity contribution in [3.63, 3.8) is 0 Å². The van der Waals surface area contributed by atoms with Crippen molar-refractivity contribution in [3.8, 4) is 0 Å². The maximum Gasteiger partial charge on any atom is 0.0241 e. The highest BCUT2D eigenvalue weighted by molar-refractivity contribution is 9.10. The lowest BCUT2D eigenvalue weighted by Crippen LogP contribution is -2.19. The van der Waals surface area contributed by atoms with E-state index in [-0.39, 0.29) is 0 Å². The van der Waals surface area contributed by atoms with Gasteiger partial charge in [0.2, 0.25) is 0 Å². The smallest absolute Gasteiger partial charge is 0.0241 e. The Hall–Kier alpha value is -0.380. The molecule has 1 aromatic carbocycles. The van der Waals surface area contributed by atoms with Crippen LogP contribution >= 0.6 is 15.9 Å². The number of benzene rings is 1. The highest BCUT2D eigenvalue weighted by Gasteiger charge is 2.03. The van der Waals surface area contributed by atoms with Crippen molar-refractivity contribution in [1.82, 2.24) is 10.2 Å². The molecule has 1 rings (SSSR count). The lowest BCUT2D eigenvalue weighted by atomic mass is 10.1. The summed E-state index contributed by atoms with van der Waals surface area (Å²) < 4.78 is 1.21. The van der Waals surface area contributed by atoms with Gasteiger partial charge in [0, 0.05) is 11.0 Å². The average Bonchev–Trinajstić information content (AvgIpc) is 2.36. The van der Waals surface area contributed by atoms with Crippen molar-refractivity contribution in [2.75, 3.05) is 27.2 Å². The standard InChI is InChI=1S/C15H25BrN2/c1-17-11-7-3-4-8-12-18(2)13-14-9-5-6-10-15(14)16/h5-6,9-10,17H,3-4,7-8,11-13H2,1-2H3. The summed E-state index contributed by atoms with van der Waals surface area (Å²) in [5.41, 5.74) is 1.37. The molecule has 0 bridgehead atoms. The van der Waals surface area contributed by atoms with Crippen LogP contribution in [0.2, 0.25) is 0 Å². The molecule has 2 nitrogen and oxygen atoms in total. The van der Waals surface area contributed by atoms with Gasteiger partial charge in [0.1, 0.15) is 0 Å². The van der Waals surface area contributed by atoms with Gasteiger partial charge in [-0.25, -0.2) is 0 Å². The van der Waals surface area contributed by atoms with Crippen molar-refractivity contribution in [2.45, 2.75) is 32.2 Å². The monoisotopic (exact) mass is 312 g/mol. The molecule has 0 amide bonds. The van der Waals surface area contributed by atoms with Crippen LogP contribution in [0.1, 0.15) is 31.2 Å². The summed E-state index contributed by atoms with van der Waals surface area (Å²) >= 11 is 3.60. The van der Waals surface area contributed by atoms with E-state index in [4.69, 9.17) is 0 Å². The van der Waals surface area contributed by atoms with E-state index in [1.54, 1.807) is 0 Å². The van der Waals surface area contributed by atoms with Crippen molar-refractivity contribution in [2.24, 2.45) is 0 Å². The highest BCUT2D eigenvalue weighted by Crippen LogP contribution is 2.17. The highest BCUT2D eigenvalue weighted by atomic mass is 79.9. The molecule has 0 fully saturated rings. The molecular formula is C15H25BrN2. The Morgan fingerprint density at radius 2 is 1.83 bits per heavy atom. The Morgan fingerprint density at radius 1 is 1.11 bits per heavy atom. The van der Waals surface area contributed by atoms with Crippen LogP contribution in [0, 0.1) is 0 Å². The molecule has 0 atom stereocenters. The normalized spacial score (nSPS) is 11.1. The molecule has 0 heterocycles. The molecule has 18 heavy (non-hydrogen) atoms. The second kappa shape index (κ2) is 9.54. The third-order valence-electron chi connectivity index (χ3n) is 3.11. The molecular weight excluding hydrogens is 288 g/mol. The molecule has 3 heteroatoms. The van der Waals surface area contributed by atoms with Crippen LogP contribution in [0.3, 0.4) is 0 Å². The van der Waals surface area contributed by atoms with E-state index in [0.29, 0.717) is 0 Å². The topological polar surface area (TPSA) is 15.3 Å². The Kier molecular flexibility index (Phi) is 8.31. The number of nitrogens with one attached hydrogen (secondary N) is 1. The van der Waals surface area contributed by atoms with E-state index in [1.165, 1.54) is 42.3 Å². The molecule has 0 aliphatic rings. The SMILES string of the molecule is CNCCCCCCN(C)Cc1ccccc1Br. The number of unbranched alkanes of at least 4 members (excludes halogenated alkanes) is 3. The lowest BCUT2D eigenvalue weighted by Gasteiger charge is -2.17. The van der Waals surface area contributed by atoms with Gasteiger partial charge in [-0.1, -0.05) is 47.0 Å². The van der Waals surface area contributed by atoms with E-state index in [2.05, 4.69) is 57.5 Å². The van der Waals surface area contributed by atoms with Gasteiger partial charge >= 0.3 is 0 Å². The summed E-state index contributed by atoms with van der Waals surface area (Å²) in [4.78, 5) is 2.40. The molecule has 102 valence electrons. The van der Waals surface area contributed by atoms with Gasteiger partial charge < -0.3 is 10.2 Å². The number of hydrogen-bond donors (Lipinski definition) is 1. The largest absolute Gasteiger partial charge is 0.320 e. The van der Waals surface area contributed by atoms with Gasteiger partial charge in [-0.2, -0.15) is 0 Å². The van der Waals surface area contributed by atoms with Gasteiger partial charge in [0.05, 0.1) is 0 Å². The van der Waals surface area contributed by atoms with Gasteiger partial charge in [0.25, 0.3) is 0 Å².